The highest BCUT2D eigenvalue weighted by Crippen LogP contribution is 2.24. The quantitative estimate of drug-likeness (QED) is 0.354. The Kier molecular flexibility index (Phi) is 6.25. The summed E-state index contributed by atoms with van der Waals surface area (Å²) in [6, 6.07) is 10.7. The van der Waals surface area contributed by atoms with Crippen LogP contribution in [0.2, 0.25) is 5.02 Å². The van der Waals surface area contributed by atoms with Gasteiger partial charge in [0.25, 0.3) is 11.6 Å². The summed E-state index contributed by atoms with van der Waals surface area (Å²) in [6.45, 7) is 3.93. The van der Waals surface area contributed by atoms with Crippen LogP contribution in [0.5, 0.6) is 5.75 Å². The van der Waals surface area contributed by atoms with E-state index in [0.717, 1.165) is 0 Å². The Morgan fingerprint density at radius 2 is 2.04 bits per heavy atom. The fourth-order valence-corrected chi connectivity index (χ4v) is 2.02. The van der Waals surface area contributed by atoms with Crippen molar-refractivity contribution in [3.05, 3.63) is 81.4 Å². The van der Waals surface area contributed by atoms with Crippen molar-refractivity contribution in [2.24, 2.45) is 5.10 Å². The molecule has 0 saturated carbocycles. The van der Waals surface area contributed by atoms with Gasteiger partial charge in [-0.15, -0.1) is 0 Å². The molecule has 0 unspecified atom stereocenters. The van der Waals surface area contributed by atoms with Crippen molar-refractivity contribution in [2.75, 3.05) is 6.61 Å². The Morgan fingerprint density at radius 3 is 2.68 bits per heavy atom. The third-order valence-corrected chi connectivity index (χ3v) is 3.35. The van der Waals surface area contributed by atoms with Gasteiger partial charge in [0.15, 0.2) is 0 Å². The van der Waals surface area contributed by atoms with Crippen LogP contribution < -0.4 is 10.2 Å². The zero-order valence-electron chi connectivity index (χ0n) is 13.0. The first-order valence-electron chi connectivity index (χ1n) is 7.12. The number of nitro groups is 1. The summed E-state index contributed by atoms with van der Waals surface area (Å²) in [5.41, 5.74) is 2.94. The van der Waals surface area contributed by atoms with Crippen LogP contribution in [-0.2, 0) is 0 Å². The van der Waals surface area contributed by atoms with E-state index in [-0.39, 0.29) is 10.7 Å². The van der Waals surface area contributed by atoms with Crippen LogP contribution in [0.15, 0.2) is 60.2 Å². The number of ether oxygens (including phenoxy) is 1. The van der Waals surface area contributed by atoms with Crippen LogP contribution in [0.25, 0.3) is 0 Å². The van der Waals surface area contributed by atoms with Crippen molar-refractivity contribution in [3.63, 3.8) is 0 Å². The number of nitrogens with zero attached hydrogens (tertiary/aromatic N) is 2. The zero-order valence-corrected chi connectivity index (χ0v) is 13.8. The molecule has 0 aliphatic heterocycles. The molecule has 0 fully saturated rings. The van der Waals surface area contributed by atoms with Crippen LogP contribution >= 0.6 is 11.6 Å². The van der Waals surface area contributed by atoms with E-state index < -0.39 is 10.8 Å². The highest BCUT2D eigenvalue weighted by molar-refractivity contribution is 6.32. The average molecular weight is 360 g/mol. The minimum absolute atomic E-state index is 0.0324. The molecular formula is C17H14ClN3O4. The summed E-state index contributed by atoms with van der Waals surface area (Å²) in [6.07, 6.45) is 2.92. The molecule has 0 aliphatic rings. The molecule has 0 bridgehead atoms. The van der Waals surface area contributed by atoms with Gasteiger partial charge in [0.2, 0.25) is 0 Å². The third kappa shape index (κ3) is 5.15. The van der Waals surface area contributed by atoms with E-state index in [0.29, 0.717) is 23.5 Å². The van der Waals surface area contributed by atoms with E-state index >= 15 is 0 Å². The van der Waals surface area contributed by atoms with Crippen LogP contribution in [-0.4, -0.2) is 23.7 Å². The lowest BCUT2D eigenvalue weighted by atomic mass is 10.2. The van der Waals surface area contributed by atoms with Gasteiger partial charge in [0.1, 0.15) is 17.4 Å². The van der Waals surface area contributed by atoms with Gasteiger partial charge in [0.05, 0.1) is 11.1 Å². The maximum absolute atomic E-state index is 12.0. The predicted octanol–water partition coefficient (Wildman–Crippen LogP) is 3.58. The molecule has 2 aromatic carbocycles. The molecule has 8 heteroatoms. The first-order valence-corrected chi connectivity index (χ1v) is 7.50. The summed E-state index contributed by atoms with van der Waals surface area (Å²) < 4.78 is 5.32. The topological polar surface area (TPSA) is 93.8 Å². The fraction of sp³-hybridized carbons (Fsp3) is 0.0588. The van der Waals surface area contributed by atoms with Gasteiger partial charge in [-0.3, -0.25) is 14.9 Å². The van der Waals surface area contributed by atoms with Crippen molar-refractivity contribution < 1.29 is 14.5 Å². The molecule has 128 valence electrons. The molecule has 7 nitrogen and oxygen atoms in total. The number of nitrogens with one attached hydrogen (secondary N) is 1. The number of hydrogen-bond acceptors (Lipinski definition) is 5. The van der Waals surface area contributed by atoms with Gasteiger partial charge < -0.3 is 4.74 Å². The van der Waals surface area contributed by atoms with Gasteiger partial charge in [0, 0.05) is 17.2 Å². The Hall–Kier alpha value is -3.19. The lowest BCUT2D eigenvalue weighted by molar-refractivity contribution is -0.384. The summed E-state index contributed by atoms with van der Waals surface area (Å²) in [7, 11) is 0. The number of carbonyl (C=O) groups is 1. The molecule has 0 atom stereocenters. The largest absolute Gasteiger partial charge is 0.490 e. The van der Waals surface area contributed by atoms with Gasteiger partial charge in [-0.05, 0) is 30.3 Å². The molecule has 1 N–H and O–H groups in total. The lowest BCUT2D eigenvalue weighted by Gasteiger charge is -2.04. The SMILES string of the molecule is C=CCOc1ccc(C(=O)N/N=C/c2ccc(Cl)c([N+](=O)[O-])c2)cc1. The van der Waals surface area contributed by atoms with Crippen molar-refractivity contribution in [3.8, 4) is 5.75 Å². The molecule has 2 rings (SSSR count). The molecule has 1 amide bonds. The van der Waals surface area contributed by atoms with E-state index in [1.165, 1.54) is 18.3 Å². The molecule has 0 saturated heterocycles. The van der Waals surface area contributed by atoms with E-state index in [2.05, 4.69) is 17.1 Å². The monoisotopic (exact) mass is 359 g/mol. The van der Waals surface area contributed by atoms with Crippen molar-refractivity contribution in [1.82, 2.24) is 5.43 Å². The number of rotatable bonds is 7. The number of amides is 1. The maximum atomic E-state index is 12.0. The third-order valence-electron chi connectivity index (χ3n) is 3.03. The summed E-state index contributed by atoms with van der Waals surface area (Å²) in [4.78, 5) is 22.2. The fourth-order valence-electron chi connectivity index (χ4n) is 1.84. The number of hydrazone groups is 1. The molecule has 0 heterocycles. The number of halogens is 1. The molecular weight excluding hydrogens is 346 g/mol. The minimum Gasteiger partial charge on any atom is -0.490 e. The molecule has 0 aromatic heterocycles. The van der Waals surface area contributed by atoms with E-state index in [1.54, 1.807) is 36.4 Å². The molecule has 25 heavy (non-hydrogen) atoms. The minimum atomic E-state index is -0.589. The lowest BCUT2D eigenvalue weighted by Crippen LogP contribution is -2.17. The van der Waals surface area contributed by atoms with Gasteiger partial charge >= 0.3 is 0 Å². The smallest absolute Gasteiger partial charge is 0.288 e. The van der Waals surface area contributed by atoms with Gasteiger partial charge in [-0.25, -0.2) is 5.43 Å². The Bertz CT molecular complexity index is 819. The molecule has 0 spiro atoms. The number of benzene rings is 2. The zero-order chi connectivity index (χ0) is 18.2. The number of nitro benzene ring substituents is 1. The number of carbonyl (C=O) groups excluding carboxylic acids is 1. The molecule has 0 radical (unpaired) electrons. The van der Waals surface area contributed by atoms with Crippen molar-refractivity contribution >= 4 is 29.4 Å². The van der Waals surface area contributed by atoms with Crippen LogP contribution in [0, 0.1) is 10.1 Å². The molecule has 0 aliphatic carbocycles. The normalized spacial score (nSPS) is 10.4. The number of hydrogen-bond donors (Lipinski definition) is 1. The van der Waals surface area contributed by atoms with Gasteiger partial charge in [-0.2, -0.15) is 5.10 Å². The predicted molar refractivity (Wildman–Crippen MR) is 95.3 cm³/mol. The maximum Gasteiger partial charge on any atom is 0.288 e. The first kappa shape index (κ1) is 18.2. The van der Waals surface area contributed by atoms with Crippen molar-refractivity contribution in [1.29, 1.82) is 0 Å². The van der Waals surface area contributed by atoms with E-state index in [1.807, 2.05) is 0 Å². The second-order valence-corrected chi connectivity index (χ2v) is 5.20. The summed E-state index contributed by atoms with van der Waals surface area (Å²) in [5, 5.41) is 14.6. The molecule has 2 aromatic rings. The second-order valence-electron chi connectivity index (χ2n) is 4.79. The Labute approximate surface area is 148 Å². The highest BCUT2D eigenvalue weighted by atomic mass is 35.5. The van der Waals surface area contributed by atoms with Crippen molar-refractivity contribution in [2.45, 2.75) is 0 Å². The first-order chi connectivity index (χ1) is 12.0. The summed E-state index contributed by atoms with van der Waals surface area (Å²) in [5.74, 6) is 0.198. The Morgan fingerprint density at radius 1 is 1.32 bits per heavy atom. The van der Waals surface area contributed by atoms with Gasteiger partial charge in [-0.1, -0.05) is 30.3 Å². The van der Waals surface area contributed by atoms with Crippen LogP contribution in [0.1, 0.15) is 15.9 Å². The highest BCUT2D eigenvalue weighted by Gasteiger charge is 2.12. The Balaban J connectivity index is 1.99. The standard InChI is InChI=1S/C17H14ClN3O4/c1-2-9-25-14-6-4-13(5-7-14)17(22)20-19-11-12-3-8-15(18)16(10-12)21(23)24/h2-8,10-11H,1,9H2,(H,20,22)/b19-11+. The van der Waals surface area contributed by atoms with Crippen LogP contribution in [0.3, 0.4) is 0 Å². The van der Waals surface area contributed by atoms with E-state index in [4.69, 9.17) is 16.3 Å². The summed E-state index contributed by atoms with van der Waals surface area (Å²) >= 11 is 5.73. The van der Waals surface area contributed by atoms with Crippen LogP contribution in [0.4, 0.5) is 5.69 Å². The van der Waals surface area contributed by atoms with E-state index in [9.17, 15) is 14.9 Å². The second kappa shape index (κ2) is 8.60. The average Bonchev–Trinajstić information content (AvgIpc) is 2.61.